The van der Waals surface area contributed by atoms with Gasteiger partial charge in [0, 0.05) is 19.9 Å². The van der Waals surface area contributed by atoms with Crippen molar-refractivity contribution >= 4 is 8.07 Å². The lowest BCUT2D eigenvalue weighted by Gasteiger charge is -2.13. The van der Waals surface area contributed by atoms with E-state index in [1.54, 1.807) is 0 Å². The van der Waals surface area contributed by atoms with Crippen LogP contribution < -0.4 is 0 Å². The van der Waals surface area contributed by atoms with E-state index in [2.05, 4.69) is 76.6 Å². The van der Waals surface area contributed by atoms with Gasteiger partial charge in [0.1, 0.15) is 11.6 Å². The lowest BCUT2D eigenvalue weighted by molar-refractivity contribution is 0.679. The molecule has 1 aliphatic carbocycles. The molecule has 0 radical (unpaired) electrons. The zero-order valence-corrected chi connectivity index (χ0v) is 21.3. The second kappa shape index (κ2) is 8.70. The molecule has 2 fully saturated rings. The third-order valence-electron chi connectivity index (χ3n) is 8.01. The molecule has 0 unspecified atom stereocenters. The van der Waals surface area contributed by atoms with E-state index >= 15 is 0 Å². The summed E-state index contributed by atoms with van der Waals surface area (Å²) < 4.78 is 0. The predicted molar refractivity (Wildman–Crippen MR) is 143 cm³/mol. The van der Waals surface area contributed by atoms with Gasteiger partial charge in [-0.25, -0.2) is 9.97 Å². The molecular weight excluding hydrogens is 432 g/mol. The quantitative estimate of drug-likeness (QED) is 0.293. The molecule has 6 rings (SSSR count). The third kappa shape index (κ3) is 4.29. The van der Waals surface area contributed by atoms with E-state index < -0.39 is 8.07 Å². The van der Waals surface area contributed by atoms with Crippen molar-refractivity contribution in [2.24, 2.45) is 0 Å². The summed E-state index contributed by atoms with van der Waals surface area (Å²) in [6.45, 7) is 5.01. The maximum Gasteiger partial charge on any atom is 0.109 e. The van der Waals surface area contributed by atoms with Crippen molar-refractivity contribution in [1.29, 1.82) is 0 Å². The summed E-state index contributed by atoms with van der Waals surface area (Å²) in [6.07, 6.45) is 10.5. The second-order valence-corrected chi connectivity index (χ2v) is 16.3. The van der Waals surface area contributed by atoms with Gasteiger partial charge in [0.15, 0.2) is 0 Å². The van der Waals surface area contributed by atoms with Crippen LogP contribution in [0, 0.1) is 0 Å². The van der Waals surface area contributed by atoms with Gasteiger partial charge in [0.25, 0.3) is 0 Å². The minimum atomic E-state index is -0.998. The topological polar surface area (TPSA) is 57.4 Å². The Morgan fingerprint density at radius 2 is 1.12 bits per heavy atom. The van der Waals surface area contributed by atoms with Crippen LogP contribution in [0.15, 0.2) is 60.9 Å². The lowest BCUT2D eigenvalue weighted by Crippen LogP contribution is -2.19. The Balaban J connectivity index is 1.15. The van der Waals surface area contributed by atoms with Crippen LogP contribution in [0.3, 0.4) is 0 Å². The number of rotatable bonds is 5. The summed E-state index contributed by atoms with van der Waals surface area (Å²) in [6, 6.07) is 20.4. The molecule has 3 heterocycles. The first-order valence-electron chi connectivity index (χ1n) is 12.9. The van der Waals surface area contributed by atoms with Gasteiger partial charge in [0.05, 0.1) is 23.8 Å². The number of imidazole rings is 2. The normalized spacial score (nSPS) is 20.2. The Labute approximate surface area is 203 Å². The van der Waals surface area contributed by atoms with Crippen molar-refractivity contribution in [3.8, 4) is 33.6 Å². The Hall–Kier alpha value is -2.92. The lowest BCUT2D eigenvalue weighted by atomic mass is 10.0. The van der Waals surface area contributed by atoms with Crippen LogP contribution in [0.4, 0.5) is 0 Å². The van der Waals surface area contributed by atoms with Gasteiger partial charge < -0.3 is 9.97 Å². The minimum Gasteiger partial charge on any atom is -0.342 e. The molecule has 4 aromatic rings. The van der Waals surface area contributed by atoms with E-state index in [9.17, 15) is 0 Å². The van der Waals surface area contributed by atoms with E-state index in [0.29, 0.717) is 11.8 Å². The highest BCUT2D eigenvalue weighted by Gasteiger charge is 2.34. The first kappa shape index (κ1) is 21.6. The van der Waals surface area contributed by atoms with E-state index in [1.807, 2.05) is 12.4 Å². The average Bonchev–Trinajstić information content (AvgIpc) is 3.66. The molecule has 2 aliphatic rings. The summed E-state index contributed by atoms with van der Waals surface area (Å²) in [5.41, 5.74) is 7.10. The van der Waals surface area contributed by atoms with Crippen molar-refractivity contribution in [2.45, 2.75) is 69.1 Å². The number of H-pyrrole nitrogens is 2. The molecular formula is C29H34N4Si. The summed E-state index contributed by atoms with van der Waals surface area (Å²) in [4.78, 5) is 16.6. The number of benzene rings is 2. The fraction of sp³-hybridized carbons (Fsp3) is 0.379. The molecule has 5 heteroatoms. The first-order valence-corrected chi connectivity index (χ1v) is 16.3. The Kier molecular flexibility index (Phi) is 5.52. The van der Waals surface area contributed by atoms with Crippen molar-refractivity contribution in [2.75, 3.05) is 0 Å². The number of nitrogens with one attached hydrogen (secondary N) is 2. The van der Waals surface area contributed by atoms with Crippen LogP contribution in [-0.4, -0.2) is 28.0 Å². The number of hydrogen-bond donors (Lipinski definition) is 2. The van der Waals surface area contributed by atoms with Gasteiger partial charge in [-0.05, 0) is 47.6 Å². The molecule has 1 atom stereocenters. The largest absolute Gasteiger partial charge is 0.342 e. The summed E-state index contributed by atoms with van der Waals surface area (Å²) in [5.74, 6) is 3.58. The van der Waals surface area contributed by atoms with Crippen molar-refractivity contribution in [1.82, 2.24) is 19.9 Å². The van der Waals surface area contributed by atoms with Gasteiger partial charge in [-0.1, -0.05) is 80.5 Å². The predicted octanol–water partition coefficient (Wildman–Crippen LogP) is 7.99. The number of nitrogens with zero attached hydrogens (tertiary/aromatic N) is 2. The molecule has 1 saturated carbocycles. The average molecular weight is 467 g/mol. The summed E-state index contributed by atoms with van der Waals surface area (Å²) >= 11 is 0. The van der Waals surface area contributed by atoms with Gasteiger partial charge in [-0.2, -0.15) is 0 Å². The third-order valence-corrected chi connectivity index (χ3v) is 11.3. The molecule has 0 amide bonds. The van der Waals surface area contributed by atoms with Crippen molar-refractivity contribution in [3.63, 3.8) is 0 Å². The highest BCUT2D eigenvalue weighted by atomic mass is 28.3. The SMILES string of the molecule is C[Si]1(C)CC[C@H](c2ncc(-c3ccc(-c4ccc(-c5cnc(C6CCCC6)[nH]5)cc4)cc3)[nH]2)C1. The van der Waals surface area contributed by atoms with E-state index in [-0.39, 0.29) is 0 Å². The Morgan fingerprint density at radius 3 is 1.59 bits per heavy atom. The minimum absolute atomic E-state index is 0.615. The summed E-state index contributed by atoms with van der Waals surface area (Å²) in [5, 5.41) is 0. The van der Waals surface area contributed by atoms with Crippen LogP contribution in [0.1, 0.15) is 55.6 Å². The fourth-order valence-electron chi connectivity index (χ4n) is 5.93. The van der Waals surface area contributed by atoms with Crippen LogP contribution in [-0.2, 0) is 0 Å². The molecule has 2 aromatic carbocycles. The summed E-state index contributed by atoms with van der Waals surface area (Å²) in [7, 11) is -0.998. The molecule has 174 valence electrons. The molecule has 0 spiro atoms. The molecule has 2 aromatic heterocycles. The maximum absolute atomic E-state index is 4.74. The Bertz CT molecular complexity index is 1260. The zero-order chi connectivity index (χ0) is 23.1. The van der Waals surface area contributed by atoms with Gasteiger partial charge >= 0.3 is 0 Å². The maximum atomic E-state index is 4.74. The van der Waals surface area contributed by atoms with Gasteiger partial charge in [0.2, 0.25) is 0 Å². The van der Waals surface area contributed by atoms with Crippen LogP contribution in [0.2, 0.25) is 25.2 Å². The molecule has 34 heavy (non-hydrogen) atoms. The highest BCUT2D eigenvalue weighted by Crippen LogP contribution is 2.40. The fourth-order valence-corrected chi connectivity index (χ4v) is 9.00. The number of hydrogen-bond acceptors (Lipinski definition) is 2. The van der Waals surface area contributed by atoms with Crippen molar-refractivity contribution in [3.05, 3.63) is 72.6 Å². The van der Waals surface area contributed by atoms with Gasteiger partial charge in [-0.3, -0.25) is 0 Å². The second-order valence-electron chi connectivity index (χ2n) is 11.1. The molecule has 1 aliphatic heterocycles. The Morgan fingerprint density at radius 1 is 0.647 bits per heavy atom. The molecule has 2 N–H and O–H groups in total. The van der Waals surface area contributed by atoms with E-state index in [0.717, 1.165) is 17.2 Å². The molecule has 4 nitrogen and oxygen atoms in total. The molecule has 1 saturated heterocycles. The van der Waals surface area contributed by atoms with E-state index in [4.69, 9.17) is 4.98 Å². The smallest absolute Gasteiger partial charge is 0.109 e. The van der Waals surface area contributed by atoms with E-state index in [1.165, 1.54) is 72.3 Å². The first-order chi connectivity index (χ1) is 16.5. The van der Waals surface area contributed by atoms with Crippen LogP contribution >= 0.6 is 0 Å². The highest BCUT2D eigenvalue weighted by molar-refractivity contribution is 6.78. The van der Waals surface area contributed by atoms with Crippen LogP contribution in [0.5, 0.6) is 0 Å². The van der Waals surface area contributed by atoms with Crippen LogP contribution in [0.25, 0.3) is 33.6 Å². The number of aromatic nitrogens is 4. The number of aromatic amines is 2. The van der Waals surface area contributed by atoms with Gasteiger partial charge in [-0.15, -0.1) is 0 Å². The monoisotopic (exact) mass is 466 g/mol. The zero-order valence-electron chi connectivity index (χ0n) is 20.3. The van der Waals surface area contributed by atoms with Crippen molar-refractivity contribution < 1.29 is 0 Å². The standard InChI is InChI=1S/C29H34N4Si/c1-34(2)16-15-25(19-34)29-31-18-27(33-29)23-13-9-21(10-14-23)20-7-11-22(12-8-20)26-17-30-28(32-26)24-5-3-4-6-24/h7-14,17-18,24-25H,3-6,15-16,19H2,1-2H3,(H,30,32)(H,31,33)/t25-/m0/s1. The molecule has 0 bridgehead atoms.